The summed E-state index contributed by atoms with van der Waals surface area (Å²) < 4.78 is 75.0. The molecular weight excluding hydrogens is 736 g/mol. The van der Waals surface area contributed by atoms with Crippen molar-refractivity contribution in [2.75, 3.05) is 75.3 Å². The maximum atomic E-state index is 15.9. The molecule has 0 radical (unpaired) electrons. The monoisotopic (exact) mass is 779 g/mol. The van der Waals surface area contributed by atoms with Gasteiger partial charge in [-0.1, -0.05) is 12.1 Å². The molecule has 0 bridgehead atoms. The molecule has 3 aliphatic heterocycles. The predicted molar refractivity (Wildman–Crippen MR) is 202 cm³/mol. The Labute approximate surface area is 318 Å². The third-order valence-electron chi connectivity index (χ3n) is 11.8. The highest BCUT2D eigenvalue weighted by Gasteiger charge is 2.56. The number of hydrazine groups is 1. The van der Waals surface area contributed by atoms with Crippen LogP contribution in [-0.2, 0) is 20.4 Å². The highest BCUT2D eigenvalue weighted by Crippen LogP contribution is 2.43. The minimum Gasteiger partial charge on any atom is -0.468 e. The number of carbonyl (C=O) groups excluding carboxylic acids is 2. The molecule has 4 aromatic rings. The minimum absolute atomic E-state index is 0.0159. The van der Waals surface area contributed by atoms with Crippen molar-refractivity contribution in [2.24, 2.45) is 5.92 Å². The van der Waals surface area contributed by atoms with E-state index in [0.717, 1.165) is 99.9 Å². The van der Waals surface area contributed by atoms with Crippen molar-refractivity contribution in [3.63, 3.8) is 0 Å². The molecule has 1 saturated carbocycles. The van der Waals surface area contributed by atoms with E-state index in [0.29, 0.717) is 26.9 Å². The lowest BCUT2D eigenvalue weighted by atomic mass is 9.95. The molecule has 2 aromatic heterocycles. The van der Waals surface area contributed by atoms with E-state index in [2.05, 4.69) is 36.8 Å². The van der Waals surface area contributed by atoms with Gasteiger partial charge in [-0.15, -0.1) is 0 Å². The Morgan fingerprint density at radius 3 is 2.33 bits per heavy atom. The summed E-state index contributed by atoms with van der Waals surface area (Å²) in [6.45, 7) is 6.42. The SMILES string of the molecule is COC(=O)C1(N2CCN(CC3CCN(c4ccc(-c5cnc6[nH]cc(C(=O)c7c(F)ccc(N(N8CC[C@@H](F)C8)[SH](=O)=O)c7F)c6c5)cc4)CC3)CC2)CC1. The average molecular weight is 780 g/mol. The second-order valence-corrected chi connectivity index (χ2v) is 15.9. The van der Waals surface area contributed by atoms with Crippen molar-refractivity contribution in [1.29, 1.82) is 0 Å². The zero-order valence-corrected chi connectivity index (χ0v) is 31.5. The fourth-order valence-corrected chi connectivity index (χ4v) is 9.22. The molecule has 5 heterocycles. The normalized spacial score (nSPS) is 21.0. The van der Waals surface area contributed by atoms with Gasteiger partial charge in [0.25, 0.3) is 0 Å². The summed E-state index contributed by atoms with van der Waals surface area (Å²) >= 11 is 0. The summed E-state index contributed by atoms with van der Waals surface area (Å²) in [4.78, 5) is 40.7. The smallest absolute Gasteiger partial charge is 0.326 e. The molecule has 0 amide bonds. The summed E-state index contributed by atoms with van der Waals surface area (Å²) in [6.07, 6.45) is 5.71. The van der Waals surface area contributed by atoms with Crippen LogP contribution in [0.1, 0.15) is 48.0 Å². The number of carbonyl (C=O) groups is 2. The largest absolute Gasteiger partial charge is 0.468 e. The quantitative estimate of drug-likeness (QED) is 0.127. The first-order valence-corrected chi connectivity index (χ1v) is 19.9. The van der Waals surface area contributed by atoms with Crippen LogP contribution in [0.2, 0.25) is 0 Å². The lowest BCUT2D eigenvalue weighted by Crippen LogP contribution is -2.55. The number of benzene rings is 2. The zero-order chi connectivity index (χ0) is 38.4. The number of fused-ring (bicyclic) bond motifs is 1. The van der Waals surface area contributed by atoms with Crippen molar-refractivity contribution in [3.05, 3.63) is 77.6 Å². The number of H-pyrrole nitrogens is 1. The number of aromatic amines is 1. The predicted octanol–water partition coefficient (Wildman–Crippen LogP) is 4.57. The number of ether oxygens (including phenoxy) is 1. The van der Waals surface area contributed by atoms with Crippen molar-refractivity contribution in [3.8, 4) is 11.1 Å². The van der Waals surface area contributed by atoms with Crippen LogP contribution < -0.4 is 9.31 Å². The van der Waals surface area contributed by atoms with Gasteiger partial charge in [0, 0.05) is 87.0 Å². The molecular formula is C39H44F3N7O5S. The van der Waals surface area contributed by atoms with E-state index in [9.17, 15) is 22.4 Å². The number of piperazine rings is 1. The molecule has 3 saturated heterocycles. The van der Waals surface area contributed by atoms with Crippen LogP contribution in [0.5, 0.6) is 0 Å². The van der Waals surface area contributed by atoms with E-state index < -0.39 is 45.7 Å². The van der Waals surface area contributed by atoms with E-state index >= 15 is 8.78 Å². The number of pyridine rings is 1. The number of ketones is 1. The molecule has 1 N–H and O–H groups in total. The number of methoxy groups -OCH3 is 1. The van der Waals surface area contributed by atoms with Gasteiger partial charge in [-0.25, -0.2) is 31.6 Å². The highest BCUT2D eigenvalue weighted by atomic mass is 32.2. The molecule has 8 rings (SSSR count). The first-order chi connectivity index (χ1) is 26.6. The van der Waals surface area contributed by atoms with Crippen LogP contribution in [0.3, 0.4) is 0 Å². The van der Waals surface area contributed by atoms with Gasteiger partial charge in [0.15, 0.2) is 5.82 Å². The zero-order valence-electron chi connectivity index (χ0n) is 30.6. The first-order valence-electron chi connectivity index (χ1n) is 18.8. The van der Waals surface area contributed by atoms with Gasteiger partial charge in [-0.05, 0) is 73.9 Å². The minimum atomic E-state index is -3.46. The lowest BCUT2D eigenvalue weighted by molar-refractivity contribution is -0.149. The summed E-state index contributed by atoms with van der Waals surface area (Å²) in [5, 5.41) is 1.47. The molecule has 4 aliphatic rings. The Kier molecular flexibility index (Phi) is 10.3. The number of halogens is 3. The van der Waals surface area contributed by atoms with Gasteiger partial charge in [0.05, 0.1) is 19.2 Å². The first kappa shape index (κ1) is 37.4. The van der Waals surface area contributed by atoms with Gasteiger partial charge in [0.2, 0.25) is 16.7 Å². The van der Waals surface area contributed by atoms with E-state index in [4.69, 9.17) is 4.74 Å². The van der Waals surface area contributed by atoms with Crippen molar-refractivity contribution in [1.82, 2.24) is 24.8 Å². The van der Waals surface area contributed by atoms with Gasteiger partial charge in [-0.2, -0.15) is 4.41 Å². The summed E-state index contributed by atoms with van der Waals surface area (Å²) in [5.74, 6) is -2.98. The van der Waals surface area contributed by atoms with E-state index in [1.807, 2.05) is 12.1 Å². The third-order valence-corrected chi connectivity index (χ3v) is 12.6. The number of hydrogen-bond acceptors (Lipinski definition) is 10. The van der Waals surface area contributed by atoms with Gasteiger partial charge >= 0.3 is 5.97 Å². The van der Waals surface area contributed by atoms with Crippen LogP contribution in [0.25, 0.3) is 22.2 Å². The number of nitrogens with one attached hydrogen (secondary N) is 1. The molecule has 55 heavy (non-hydrogen) atoms. The molecule has 12 nitrogen and oxygen atoms in total. The fourth-order valence-electron chi connectivity index (χ4n) is 8.52. The van der Waals surface area contributed by atoms with Crippen LogP contribution >= 0.6 is 0 Å². The molecule has 16 heteroatoms. The van der Waals surface area contributed by atoms with E-state index in [1.165, 1.54) is 13.3 Å². The number of piperidine rings is 1. The second-order valence-electron chi connectivity index (χ2n) is 15.0. The molecule has 292 valence electrons. The summed E-state index contributed by atoms with van der Waals surface area (Å²) in [7, 11) is -1.99. The Hall–Kier alpha value is -4.51. The third kappa shape index (κ3) is 7.20. The molecule has 2 aromatic carbocycles. The van der Waals surface area contributed by atoms with Crippen LogP contribution in [0.4, 0.5) is 24.5 Å². The van der Waals surface area contributed by atoms with Crippen molar-refractivity contribution >= 4 is 45.1 Å². The number of hydrogen-bond donors (Lipinski definition) is 2. The number of rotatable bonds is 11. The van der Waals surface area contributed by atoms with Crippen LogP contribution in [-0.4, -0.2) is 123 Å². The number of esters is 1. The molecule has 1 aliphatic carbocycles. The molecule has 4 fully saturated rings. The summed E-state index contributed by atoms with van der Waals surface area (Å²) in [5.41, 5.74) is 1.11. The average Bonchev–Trinajstić information content (AvgIpc) is 3.72. The molecule has 1 atom stereocenters. The van der Waals surface area contributed by atoms with Gasteiger partial charge in [-0.3, -0.25) is 14.5 Å². The number of anilines is 2. The standard InChI is InChI=1S/C39H44F3N7O5S/c1-54-38(51)39(11-12-39)47-18-16-45(17-19-47)23-25-8-13-46(14-9-25)29-4-2-26(3-5-29)27-20-30-31(22-44-37(30)43-21-27)36(50)34-32(41)6-7-33(35(34)42)49(55(52)53)48-15-10-28(40)24-48/h2-7,20-22,25,28,55H,8-19,23-24H2,1H3,(H,43,44)/t28-/m1/s1. The number of thiol groups is 1. The second kappa shape index (κ2) is 15.2. The Bertz CT molecular complexity index is 2150. The Balaban J connectivity index is 0.921. The van der Waals surface area contributed by atoms with Crippen molar-refractivity contribution in [2.45, 2.75) is 43.8 Å². The Morgan fingerprint density at radius 2 is 1.69 bits per heavy atom. The van der Waals surface area contributed by atoms with Crippen LogP contribution in [0.15, 0.2) is 54.9 Å². The van der Waals surface area contributed by atoms with Gasteiger partial charge in [0.1, 0.15) is 28.9 Å². The highest BCUT2D eigenvalue weighted by molar-refractivity contribution is 7.73. The van der Waals surface area contributed by atoms with Crippen LogP contribution in [0, 0.1) is 17.6 Å². The fraction of sp³-hybridized carbons (Fsp3) is 0.462. The number of aromatic nitrogens is 2. The topological polar surface area (TPSA) is 122 Å². The maximum absolute atomic E-state index is 15.9. The number of alkyl halides is 1. The van der Waals surface area contributed by atoms with E-state index in [-0.39, 0.29) is 36.6 Å². The maximum Gasteiger partial charge on any atom is 0.326 e. The Morgan fingerprint density at radius 1 is 0.964 bits per heavy atom. The number of nitrogens with zero attached hydrogens (tertiary/aromatic N) is 6. The van der Waals surface area contributed by atoms with E-state index in [1.54, 1.807) is 12.3 Å². The van der Waals surface area contributed by atoms with Gasteiger partial charge < -0.3 is 19.5 Å². The summed E-state index contributed by atoms with van der Waals surface area (Å²) in [6, 6.07) is 11.6. The van der Waals surface area contributed by atoms with Crippen molar-refractivity contribution < 1.29 is 35.9 Å². The molecule has 0 unspecified atom stereocenters. The lowest BCUT2D eigenvalue weighted by Gasteiger charge is -2.41. The molecule has 0 spiro atoms.